The third-order valence-corrected chi connectivity index (χ3v) is 1.41. The van der Waals surface area contributed by atoms with E-state index in [4.69, 9.17) is 5.11 Å². The summed E-state index contributed by atoms with van der Waals surface area (Å²) >= 11 is 2.88. The number of nitrogens with zero attached hydrogens (tertiary/aromatic N) is 1. The molecule has 0 aromatic rings. The van der Waals surface area contributed by atoms with Gasteiger partial charge in [0.2, 0.25) is 0 Å². The highest BCUT2D eigenvalue weighted by molar-refractivity contribution is 9.11. The summed E-state index contributed by atoms with van der Waals surface area (Å²) in [6.45, 7) is 1.28. The van der Waals surface area contributed by atoms with E-state index in [2.05, 4.69) is 22.5 Å². The van der Waals surface area contributed by atoms with Crippen LogP contribution in [0, 0.1) is 0 Å². The lowest BCUT2D eigenvalue weighted by atomic mass is 10.4. The first-order valence-electron chi connectivity index (χ1n) is 3.55. The zero-order chi connectivity index (χ0) is 11.4. The number of hydrogen-bond donors (Lipinski definition) is 1. The van der Waals surface area contributed by atoms with Crippen LogP contribution in [0.2, 0.25) is 0 Å². The number of alkyl halides is 3. The van der Waals surface area contributed by atoms with Crippen molar-refractivity contribution in [2.45, 2.75) is 6.18 Å². The molecule has 0 heterocycles. The maximum atomic E-state index is 11.9. The van der Waals surface area contributed by atoms with E-state index in [-0.39, 0.29) is 6.54 Å². The zero-order valence-electron chi connectivity index (χ0n) is 7.14. The Bertz CT molecular complexity index is 213. The van der Waals surface area contributed by atoms with E-state index in [0.29, 0.717) is 4.48 Å². The molecule has 0 radical (unpaired) electrons. The van der Waals surface area contributed by atoms with Crippen LogP contribution in [-0.2, 0) is 4.79 Å². The molecule has 0 aliphatic rings. The molecular weight excluding hydrogens is 267 g/mol. The average Bonchev–Trinajstić information content (AvgIpc) is 1.77. The first-order chi connectivity index (χ1) is 6.20. The van der Waals surface area contributed by atoms with Crippen LogP contribution >= 0.6 is 15.9 Å². The normalized spacial score (nSPS) is 11.8. The van der Waals surface area contributed by atoms with Gasteiger partial charge in [0.25, 0.3) is 0 Å². The van der Waals surface area contributed by atoms with Crippen LogP contribution in [0.3, 0.4) is 0 Å². The highest BCUT2D eigenvalue weighted by Gasteiger charge is 2.31. The Morgan fingerprint density at radius 3 is 2.21 bits per heavy atom. The quantitative estimate of drug-likeness (QED) is 0.833. The van der Waals surface area contributed by atoms with Crippen molar-refractivity contribution < 1.29 is 23.1 Å². The zero-order valence-corrected chi connectivity index (χ0v) is 8.73. The molecule has 0 saturated carbocycles. The SMILES string of the molecule is C=C(Br)CN(CC(=O)O)CC(F)(F)F. The highest BCUT2D eigenvalue weighted by Crippen LogP contribution is 2.17. The van der Waals surface area contributed by atoms with Crippen LogP contribution < -0.4 is 0 Å². The second-order valence-corrected chi connectivity index (χ2v) is 3.79. The maximum Gasteiger partial charge on any atom is 0.401 e. The molecule has 3 nitrogen and oxygen atoms in total. The molecule has 0 saturated heterocycles. The van der Waals surface area contributed by atoms with Gasteiger partial charge in [0, 0.05) is 11.0 Å². The van der Waals surface area contributed by atoms with Crippen LogP contribution in [0.4, 0.5) is 13.2 Å². The van der Waals surface area contributed by atoms with E-state index < -0.39 is 25.2 Å². The summed E-state index contributed by atoms with van der Waals surface area (Å²) in [6, 6.07) is 0. The van der Waals surface area contributed by atoms with Crippen molar-refractivity contribution in [3.8, 4) is 0 Å². The van der Waals surface area contributed by atoms with Crippen molar-refractivity contribution in [3.05, 3.63) is 11.1 Å². The van der Waals surface area contributed by atoms with Gasteiger partial charge in [0.05, 0.1) is 13.1 Å². The fourth-order valence-corrected chi connectivity index (χ4v) is 1.21. The number of aliphatic carboxylic acids is 1. The Morgan fingerprint density at radius 1 is 1.43 bits per heavy atom. The molecule has 0 aliphatic carbocycles. The minimum absolute atomic E-state index is 0.147. The Kier molecular flexibility index (Phi) is 5.14. The predicted octanol–water partition coefficient (Wildman–Crippen LogP) is 1.84. The molecule has 0 amide bonds. The summed E-state index contributed by atoms with van der Waals surface area (Å²) in [5, 5.41) is 8.34. The molecule has 0 bridgehead atoms. The third-order valence-electron chi connectivity index (χ3n) is 1.16. The Labute approximate surface area is 87.3 Å². The van der Waals surface area contributed by atoms with E-state index in [1.807, 2.05) is 0 Å². The molecule has 0 fully saturated rings. The number of carboxylic acid groups (broad SMARTS) is 1. The van der Waals surface area contributed by atoms with E-state index in [9.17, 15) is 18.0 Å². The average molecular weight is 276 g/mol. The number of hydrogen-bond acceptors (Lipinski definition) is 2. The van der Waals surface area contributed by atoms with Gasteiger partial charge in [-0.3, -0.25) is 9.69 Å². The van der Waals surface area contributed by atoms with Crippen molar-refractivity contribution in [3.63, 3.8) is 0 Å². The summed E-state index contributed by atoms with van der Waals surface area (Å²) < 4.78 is 36.1. The first kappa shape index (κ1) is 13.4. The number of carboxylic acids is 1. The predicted molar refractivity (Wildman–Crippen MR) is 48.2 cm³/mol. The topological polar surface area (TPSA) is 40.5 Å². The van der Waals surface area contributed by atoms with Crippen molar-refractivity contribution >= 4 is 21.9 Å². The van der Waals surface area contributed by atoms with Gasteiger partial charge < -0.3 is 5.11 Å². The molecule has 0 spiro atoms. The van der Waals surface area contributed by atoms with Crippen molar-refractivity contribution in [2.75, 3.05) is 19.6 Å². The second-order valence-electron chi connectivity index (χ2n) is 2.67. The van der Waals surface area contributed by atoms with Crippen LogP contribution in [0.1, 0.15) is 0 Å². The molecule has 0 atom stereocenters. The smallest absolute Gasteiger partial charge is 0.401 e. The van der Waals surface area contributed by atoms with Gasteiger partial charge in [-0.1, -0.05) is 22.5 Å². The van der Waals surface area contributed by atoms with Gasteiger partial charge in [0.15, 0.2) is 0 Å². The van der Waals surface area contributed by atoms with Crippen LogP contribution in [-0.4, -0.2) is 41.8 Å². The minimum atomic E-state index is -4.40. The lowest BCUT2D eigenvalue weighted by Gasteiger charge is -2.20. The molecule has 0 unspecified atom stereocenters. The molecule has 0 aromatic carbocycles. The summed E-state index contributed by atoms with van der Waals surface area (Å²) in [5.41, 5.74) is 0. The summed E-state index contributed by atoms with van der Waals surface area (Å²) in [5.74, 6) is -1.30. The minimum Gasteiger partial charge on any atom is -0.480 e. The maximum absolute atomic E-state index is 11.9. The molecule has 14 heavy (non-hydrogen) atoms. The highest BCUT2D eigenvalue weighted by atomic mass is 79.9. The van der Waals surface area contributed by atoms with Gasteiger partial charge in [-0.25, -0.2) is 0 Å². The van der Waals surface area contributed by atoms with Gasteiger partial charge in [-0.2, -0.15) is 13.2 Å². The Balaban J connectivity index is 4.24. The van der Waals surface area contributed by atoms with E-state index in [1.165, 1.54) is 0 Å². The molecule has 7 heteroatoms. The number of halogens is 4. The summed E-state index contributed by atoms with van der Waals surface area (Å²) in [7, 11) is 0. The molecular formula is C7H9BrF3NO2. The number of rotatable bonds is 5. The monoisotopic (exact) mass is 275 g/mol. The first-order valence-corrected chi connectivity index (χ1v) is 4.34. The summed E-state index contributed by atoms with van der Waals surface area (Å²) in [6.07, 6.45) is -4.40. The second kappa shape index (κ2) is 5.35. The third kappa shape index (κ3) is 8.06. The Hall–Kier alpha value is -0.560. The molecule has 0 aromatic heterocycles. The standard InChI is InChI=1S/C7H9BrF3NO2/c1-5(8)2-12(3-6(13)14)4-7(9,10)11/h1-4H2,(H,13,14). The van der Waals surface area contributed by atoms with Crippen molar-refractivity contribution in [1.29, 1.82) is 0 Å². The van der Waals surface area contributed by atoms with Gasteiger partial charge in [0.1, 0.15) is 0 Å². The molecule has 82 valence electrons. The van der Waals surface area contributed by atoms with Crippen LogP contribution in [0.25, 0.3) is 0 Å². The molecule has 0 aliphatic heterocycles. The van der Waals surface area contributed by atoms with E-state index >= 15 is 0 Å². The van der Waals surface area contributed by atoms with Gasteiger partial charge >= 0.3 is 12.1 Å². The lowest BCUT2D eigenvalue weighted by molar-refractivity contribution is -0.152. The lowest BCUT2D eigenvalue weighted by Crippen LogP contribution is -2.38. The fraction of sp³-hybridized carbons (Fsp3) is 0.571. The Morgan fingerprint density at radius 2 is 1.93 bits per heavy atom. The largest absolute Gasteiger partial charge is 0.480 e. The fourth-order valence-electron chi connectivity index (χ4n) is 0.855. The van der Waals surface area contributed by atoms with Gasteiger partial charge in [-0.05, 0) is 0 Å². The van der Waals surface area contributed by atoms with Gasteiger partial charge in [-0.15, -0.1) is 0 Å². The summed E-state index contributed by atoms with van der Waals surface area (Å²) in [4.78, 5) is 11.0. The van der Waals surface area contributed by atoms with Crippen LogP contribution in [0.15, 0.2) is 11.1 Å². The van der Waals surface area contributed by atoms with E-state index in [0.717, 1.165) is 4.90 Å². The van der Waals surface area contributed by atoms with E-state index in [1.54, 1.807) is 0 Å². The number of carbonyl (C=O) groups is 1. The molecule has 0 rings (SSSR count). The van der Waals surface area contributed by atoms with Crippen molar-refractivity contribution in [1.82, 2.24) is 4.90 Å². The van der Waals surface area contributed by atoms with Crippen molar-refractivity contribution in [2.24, 2.45) is 0 Å². The molecule has 1 N–H and O–H groups in total. The van der Waals surface area contributed by atoms with Crippen LogP contribution in [0.5, 0.6) is 0 Å².